The van der Waals surface area contributed by atoms with Gasteiger partial charge in [-0.2, -0.15) is 4.31 Å². The molecule has 0 radical (unpaired) electrons. The molecular formula is C20H22FNO6S. The van der Waals surface area contributed by atoms with E-state index in [0.717, 1.165) is 4.31 Å². The van der Waals surface area contributed by atoms with Crippen molar-refractivity contribution in [2.45, 2.75) is 18.6 Å². The first kappa shape index (κ1) is 21.1. The van der Waals surface area contributed by atoms with Gasteiger partial charge >= 0.3 is 5.97 Å². The van der Waals surface area contributed by atoms with Crippen LogP contribution < -0.4 is 9.47 Å². The Bertz CT molecular complexity index is 937. The lowest BCUT2D eigenvalue weighted by Gasteiger charge is -2.21. The van der Waals surface area contributed by atoms with Crippen molar-refractivity contribution in [1.29, 1.82) is 0 Å². The predicted octanol–water partition coefficient (Wildman–Crippen LogP) is 2.23. The molecule has 0 aromatic heterocycles. The number of carbonyl (C=O) groups excluding carboxylic acids is 1. The Kier molecular flexibility index (Phi) is 6.71. The highest BCUT2D eigenvalue weighted by atomic mass is 32.2. The third kappa shape index (κ3) is 5.24. The van der Waals surface area contributed by atoms with Gasteiger partial charge in [0.25, 0.3) is 0 Å². The molecule has 2 unspecified atom stereocenters. The second-order valence-electron chi connectivity index (χ2n) is 6.49. The van der Waals surface area contributed by atoms with E-state index in [2.05, 4.69) is 0 Å². The highest BCUT2D eigenvalue weighted by Gasteiger charge is 2.45. The topological polar surface area (TPSA) is 82.1 Å². The SMILES string of the molecule is COC(=O)C1CC(Oc2ccccc2F)CN1S(=O)(=O)CCOc1ccccc1. The summed E-state index contributed by atoms with van der Waals surface area (Å²) in [4.78, 5) is 12.1. The molecule has 1 saturated heterocycles. The maximum atomic E-state index is 13.9. The number of hydrogen-bond acceptors (Lipinski definition) is 6. The van der Waals surface area contributed by atoms with E-state index in [1.807, 2.05) is 6.07 Å². The molecule has 9 heteroatoms. The molecule has 1 aliphatic heterocycles. The number of nitrogens with zero attached hydrogens (tertiary/aromatic N) is 1. The number of rotatable bonds is 8. The number of ether oxygens (including phenoxy) is 3. The van der Waals surface area contributed by atoms with E-state index in [1.54, 1.807) is 30.3 Å². The minimum Gasteiger partial charge on any atom is -0.492 e. The Morgan fingerprint density at radius 1 is 1.14 bits per heavy atom. The Morgan fingerprint density at radius 2 is 1.83 bits per heavy atom. The summed E-state index contributed by atoms with van der Waals surface area (Å²) in [6, 6.07) is 13.6. The van der Waals surface area contributed by atoms with Gasteiger partial charge < -0.3 is 14.2 Å². The summed E-state index contributed by atoms with van der Waals surface area (Å²) in [5, 5.41) is 0. The number of benzene rings is 2. The van der Waals surface area contributed by atoms with E-state index in [0.29, 0.717) is 5.75 Å². The van der Waals surface area contributed by atoms with E-state index in [-0.39, 0.29) is 31.1 Å². The molecule has 156 valence electrons. The highest BCUT2D eigenvalue weighted by molar-refractivity contribution is 7.89. The Balaban J connectivity index is 1.68. The van der Waals surface area contributed by atoms with Crippen LogP contribution in [0.1, 0.15) is 6.42 Å². The van der Waals surface area contributed by atoms with Gasteiger partial charge in [-0.3, -0.25) is 4.79 Å². The molecule has 1 aliphatic rings. The summed E-state index contributed by atoms with van der Waals surface area (Å²) in [7, 11) is -2.64. The quantitative estimate of drug-likeness (QED) is 0.606. The predicted molar refractivity (Wildman–Crippen MR) is 104 cm³/mol. The van der Waals surface area contributed by atoms with Crippen LogP contribution in [0, 0.1) is 5.82 Å². The van der Waals surface area contributed by atoms with Crippen LogP contribution in [-0.2, 0) is 19.6 Å². The molecule has 2 aromatic carbocycles. The molecule has 0 amide bonds. The minimum absolute atomic E-state index is 0.00720. The van der Waals surface area contributed by atoms with E-state index < -0.39 is 34.0 Å². The molecule has 7 nitrogen and oxygen atoms in total. The molecule has 1 fully saturated rings. The lowest BCUT2D eigenvalue weighted by Crippen LogP contribution is -2.43. The number of sulfonamides is 1. The third-order valence-electron chi connectivity index (χ3n) is 4.53. The molecule has 2 aromatic rings. The molecule has 0 spiro atoms. The average molecular weight is 423 g/mol. The van der Waals surface area contributed by atoms with Crippen molar-refractivity contribution in [2.75, 3.05) is 26.0 Å². The fourth-order valence-corrected chi connectivity index (χ4v) is 4.61. The first-order valence-corrected chi connectivity index (χ1v) is 10.7. The Morgan fingerprint density at radius 3 is 2.52 bits per heavy atom. The standard InChI is InChI=1S/C20H22FNO6S/c1-26-20(23)18-13-16(28-19-10-6-5-9-17(19)21)14-22(18)29(24,25)12-11-27-15-7-3-2-4-8-15/h2-10,16,18H,11-14H2,1H3. The Labute approximate surface area is 169 Å². The van der Waals surface area contributed by atoms with E-state index in [9.17, 15) is 17.6 Å². The van der Waals surface area contributed by atoms with Crippen LogP contribution >= 0.6 is 0 Å². The van der Waals surface area contributed by atoms with Crippen LogP contribution in [0.15, 0.2) is 54.6 Å². The number of carbonyl (C=O) groups is 1. The van der Waals surface area contributed by atoms with Crippen LogP contribution in [0.25, 0.3) is 0 Å². The fourth-order valence-electron chi connectivity index (χ4n) is 3.13. The van der Waals surface area contributed by atoms with Crippen molar-refractivity contribution in [2.24, 2.45) is 0 Å². The van der Waals surface area contributed by atoms with Crippen molar-refractivity contribution in [3.63, 3.8) is 0 Å². The molecule has 29 heavy (non-hydrogen) atoms. The number of halogens is 1. The van der Waals surface area contributed by atoms with Crippen molar-refractivity contribution >= 4 is 16.0 Å². The first-order valence-electron chi connectivity index (χ1n) is 9.07. The Hall–Kier alpha value is -2.65. The van der Waals surface area contributed by atoms with Crippen molar-refractivity contribution in [3.8, 4) is 11.5 Å². The zero-order valence-corrected chi connectivity index (χ0v) is 16.7. The van der Waals surface area contributed by atoms with E-state index in [4.69, 9.17) is 14.2 Å². The molecule has 0 bridgehead atoms. The summed E-state index contributed by atoms with van der Waals surface area (Å²) in [5.41, 5.74) is 0. The van der Waals surface area contributed by atoms with Gasteiger partial charge in [0.2, 0.25) is 10.0 Å². The number of methoxy groups -OCH3 is 1. The van der Waals surface area contributed by atoms with Gasteiger partial charge in [0.05, 0.1) is 19.4 Å². The molecule has 0 saturated carbocycles. The van der Waals surface area contributed by atoms with E-state index in [1.165, 1.54) is 25.3 Å². The summed E-state index contributed by atoms with van der Waals surface area (Å²) >= 11 is 0. The van der Waals surface area contributed by atoms with Crippen LogP contribution in [0.2, 0.25) is 0 Å². The maximum Gasteiger partial charge on any atom is 0.324 e. The maximum absolute atomic E-state index is 13.9. The summed E-state index contributed by atoms with van der Waals surface area (Å²) < 4.78 is 56.4. The third-order valence-corrected chi connectivity index (χ3v) is 6.33. The molecule has 1 heterocycles. The van der Waals surface area contributed by atoms with Crippen LogP contribution in [0.3, 0.4) is 0 Å². The van der Waals surface area contributed by atoms with Crippen molar-refractivity contribution in [1.82, 2.24) is 4.31 Å². The molecular weight excluding hydrogens is 401 g/mol. The smallest absolute Gasteiger partial charge is 0.324 e. The summed E-state index contributed by atoms with van der Waals surface area (Å²) in [6.07, 6.45) is -0.611. The number of para-hydroxylation sites is 2. The van der Waals surface area contributed by atoms with Gasteiger partial charge in [-0.25, -0.2) is 12.8 Å². The van der Waals surface area contributed by atoms with Gasteiger partial charge in [0.15, 0.2) is 11.6 Å². The second kappa shape index (κ2) is 9.23. The van der Waals surface area contributed by atoms with Crippen LogP contribution in [-0.4, -0.2) is 56.9 Å². The molecule has 3 rings (SSSR count). The lowest BCUT2D eigenvalue weighted by atomic mass is 10.2. The molecule has 2 atom stereocenters. The van der Waals surface area contributed by atoms with Gasteiger partial charge in [-0.15, -0.1) is 0 Å². The largest absolute Gasteiger partial charge is 0.492 e. The first-order chi connectivity index (χ1) is 13.9. The van der Waals surface area contributed by atoms with E-state index >= 15 is 0 Å². The summed E-state index contributed by atoms with van der Waals surface area (Å²) in [6.45, 7) is -0.155. The second-order valence-corrected chi connectivity index (χ2v) is 8.53. The number of esters is 1. The highest BCUT2D eigenvalue weighted by Crippen LogP contribution is 2.28. The lowest BCUT2D eigenvalue weighted by molar-refractivity contribution is -0.144. The van der Waals surface area contributed by atoms with Gasteiger partial charge in [-0.1, -0.05) is 30.3 Å². The van der Waals surface area contributed by atoms with Gasteiger partial charge in [0, 0.05) is 6.42 Å². The van der Waals surface area contributed by atoms with Crippen LogP contribution in [0.5, 0.6) is 11.5 Å². The zero-order chi connectivity index (χ0) is 20.9. The zero-order valence-electron chi connectivity index (χ0n) is 15.9. The fraction of sp³-hybridized carbons (Fsp3) is 0.350. The molecule has 0 N–H and O–H groups in total. The average Bonchev–Trinajstić information content (AvgIpc) is 3.15. The summed E-state index contributed by atoms with van der Waals surface area (Å²) in [5.74, 6) is -0.999. The monoisotopic (exact) mass is 423 g/mol. The van der Waals surface area contributed by atoms with Crippen LogP contribution in [0.4, 0.5) is 4.39 Å². The van der Waals surface area contributed by atoms with Crippen molar-refractivity contribution < 1.29 is 31.8 Å². The van der Waals surface area contributed by atoms with Gasteiger partial charge in [0.1, 0.15) is 24.5 Å². The normalized spacial score (nSPS) is 19.7. The number of hydrogen-bond donors (Lipinski definition) is 0. The van der Waals surface area contributed by atoms with Crippen molar-refractivity contribution in [3.05, 3.63) is 60.4 Å². The van der Waals surface area contributed by atoms with Gasteiger partial charge in [-0.05, 0) is 24.3 Å². The molecule has 0 aliphatic carbocycles. The minimum atomic E-state index is -3.84.